The standard InChI is InChI=1S/C9H20.C2F6S/c1-3-5-7-9-8-6-4-2;3-1(4,5)9-2(6,7)8/h3-9H2,1-2H3;. The summed E-state index contributed by atoms with van der Waals surface area (Å²) in [6.45, 7) is 4.53. The van der Waals surface area contributed by atoms with E-state index in [0.717, 1.165) is 0 Å². The van der Waals surface area contributed by atoms with E-state index in [9.17, 15) is 26.3 Å². The molecule has 0 aliphatic carbocycles. The molecule has 0 unspecified atom stereocenters. The maximum absolute atomic E-state index is 10.8. The fourth-order valence-corrected chi connectivity index (χ4v) is 1.42. The summed E-state index contributed by atoms with van der Waals surface area (Å²) in [6.07, 6.45) is 9.97. The molecule has 0 N–H and O–H groups in total. The van der Waals surface area contributed by atoms with E-state index >= 15 is 0 Å². The number of hydrogen-bond acceptors (Lipinski definition) is 1. The number of hydrogen-bond donors (Lipinski definition) is 0. The zero-order chi connectivity index (χ0) is 14.7. The van der Waals surface area contributed by atoms with Gasteiger partial charge in [0.2, 0.25) is 0 Å². The van der Waals surface area contributed by atoms with Crippen LogP contribution in [0.5, 0.6) is 0 Å². The molecule has 7 heteroatoms. The fourth-order valence-electron chi connectivity index (χ4n) is 1.16. The second-order valence-corrected chi connectivity index (χ2v) is 4.89. The number of unbranched alkanes of at least 4 members (excludes halogenated alkanes) is 6. The number of alkyl halides is 6. The first-order valence-electron chi connectivity index (χ1n) is 5.96. The SMILES string of the molecule is CCCCCCCCC.FC(F)(F)SC(F)(F)F. The van der Waals surface area contributed by atoms with E-state index in [0.29, 0.717) is 0 Å². The number of halogens is 6. The zero-order valence-corrected chi connectivity index (χ0v) is 11.4. The predicted molar refractivity (Wildman–Crippen MR) is 63.4 cm³/mol. The van der Waals surface area contributed by atoms with Crippen molar-refractivity contribution in [3.05, 3.63) is 0 Å². The monoisotopic (exact) mass is 298 g/mol. The molecule has 0 amide bonds. The third-order valence-corrected chi connectivity index (χ3v) is 2.40. The van der Waals surface area contributed by atoms with Crippen molar-refractivity contribution in [3.8, 4) is 0 Å². The molecule has 0 fully saturated rings. The lowest BCUT2D eigenvalue weighted by molar-refractivity contribution is -0.0696. The lowest BCUT2D eigenvalue weighted by atomic mass is 10.1. The van der Waals surface area contributed by atoms with Crippen LogP contribution in [0.15, 0.2) is 0 Å². The summed E-state index contributed by atoms with van der Waals surface area (Å²) in [5.74, 6) is 0. The lowest BCUT2D eigenvalue weighted by Gasteiger charge is -2.06. The van der Waals surface area contributed by atoms with Gasteiger partial charge in [-0.05, 0) is 0 Å². The summed E-state index contributed by atoms with van der Waals surface area (Å²) >= 11 is -1.99. The van der Waals surface area contributed by atoms with Crippen LogP contribution in [-0.4, -0.2) is 11.0 Å². The van der Waals surface area contributed by atoms with E-state index in [2.05, 4.69) is 13.8 Å². The van der Waals surface area contributed by atoms with Crippen LogP contribution in [0.25, 0.3) is 0 Å². The van der Waals surface area contributed by atoms with Gasteiger partial charge in [-0.2, -0.15) is 26.3 Å². The Morgan fingerprint density at radius 1 is 0.611 bits per heavy atom. The van der Waals surface area contributed by atoms with Crippen molar-refractivity contribution in [2.45, 2.75) is 69.8 Å². The Morgan fingerprint density at radius 3 is 1.06 bits per heavy atom. The molecule has 0 bridgehead atoms. The second-order valence-electron chi connectivity index (χ2n) is 3.76. The Balaban J connectivity index is 0. The maximum Gasteiger partial charge on any atom is 0.450 e. The van der Waals surface area contributed by atoms with Gasteiger partial charge in [0, 0.05) is 0 Å². The van der Waals surface area contributed by atoms with Crippen molar-refractivity contribution in [1.29, 1.82) is 0 Å². The minimum absolute atomic E-state index is 1.37. The third-order valence-electron chi connectivity index (χ3n) is 1.94. The summed E-state index contributed by atoms with van der Waals surface area (Å²) < 4.78 is 64.8. The molecular weight excluding hydrogens is 278 g/mol. The summed E-state index contributed by atoms with van der Waals surface area (Å²) in [4.78, 5) is 0. The van der Waals surface area contributed by atoms with Crippen LogP contribution in [0.3, 0.4) is 0 Å². The van der Waals surface area contributed by atoms with Gasteiger partial charge in [0.1, 0.15) is 0 Å². The van der Waals surface area contributed by atoms with Gasteiger partial charge in [0.05, 0.1) is 11.8 Å². The molecule has 0 saturated carbocycles. The molecule has 0 saturated heterocycles. The van der Waals surface area contributed by atoms with Crippen LogP contribution < -0.4 is 0 Å². The Hall–Kier alpha value is -0.0700. The van der Waals surface area contributed by atoms with Crippen molar-refractivity contribution in [3.63, 3.8) is 0 Å². The first-order chi connectivity index (χ1) is 8.12. The Bertz CT molecular complexity index is 157. The van der Waals surface area contributed by atoms with E-state index in [4.69, 9.17) is 0 Å². The van der Waals surface area contributed by atoms with Gasteiger partial charge in [-0.15, -0.1) is 0 Å². The highest BCUT2D eigenvalue weighted by molar-refractivity contribution is 8.00. The van der Waals surface area contributed by atoms with E-state index in [1.807, 2.05) is 0 Å². The van der Waals surface area contributed by atoms with Gasteiger partial charge in [-0.1, -0.05) is 58.8 Å². The highest BCUT2D eigenvalue weighted by Gasteiger charge is 2.45. The van der Waals surface area contributed by atoms with Crippen molar-refractivity contribution in [1.82, 2.24) is 0 Å². The van der Waals surface area contributed by atoms with Crippen molar-refractivity contribution < 1.29 is 26.3 Å². The van der Waals surface area contributed by atoms with Crippen LogP contribution in [0, 0.1) is 0 Å². The van der Waals surface area contributed by atoms with Crippen LogP contribution in [0.4, 0.5) is 26.3 Å². The fraction of sp³-hybridized carbons (Fsp3) is 1.00. The molecule has 0 rings (SSSR count). The summed E-state index contributed by atoms with van der Waals surface area (Å²) in [7, 11) is 0. The first kappa shape index (κ1) is 20.3. The molecule has 0 radical (unpaired) electrons. The smallest absolute Gasteiger partial charge is 0.160 e. The van der Waals surface area contributed by atoms with Gasteiger partial charge < -0.3 is 0 Å². The van der Waals surface area contributed by atoms with Crippen LogP contribution in [-0.2, 0) is 0 Å². The van der Waals surface area contributed by atoms with E-state index in [1.165, 1.54) is 44.9 Å². The first-order valence-corrected chi connectivity index (χ1v) is 6.77. The Kier molecular flexibility index (Phi) is 12.2. The molecule has 0 aromatic rings. The molecule has 0 aromatic carbocycles. The van der Waals surface area contributed by atoms with E-state index < -0.39 is 22.8 Å². The third kappa shape index (κ3) is 24.9. The highest BCUT2D eigenvalue weighted by Crippen LogP contribution is 2.43. The molecule has 18 heavy (non-hydrogen) atoms. The topological polar surface area (TPSA) is 0 Å². The molecular formula is C11H20F6S. The lowest BCUT2D eigenvalue weighted by Crippen LogP contribution is -2.11. The summed E-state index contributed by atoms with van der Waals surface area (Å²) in [5, 5.41) is 0. The Morgan fingerprint density at radius 2 is 0.889 bits per heavy atom. The maximum atomic E-state index is 10.8. The van der Waals surface area contributed by atoms with Gasteiger partial charge >= 0.3 is 11.0 Å². The molecule has 0 spiro atoms. The average molecular weight is 298 g/mol. The minimum atomic E-state index is -5.22. The van der Waals surface area contributed by atoms with Gasteiger partial charge in [0.25, 0.3) is 0 Å². The minimum Gasteiger partial charge on any atom is -0.160 e. The predicted octanol–water partition coefficient (Wildman–Crippen LogP) is 6.52. The average Bonchev–Trinajstić information content (AvgIpc) is 2.13. The molecule has 0 atom stereocenters. The van der Waals surface area contributed by atoms with Crippen LogP contribution >= 0.6 is 11.8 Å². The summed E-state index contributed by atoms with van der Waals surface area (Å²) in [5.41, 5.74) is -10.4. The molecule has 0 aliphatic heterocycles. The number of rotatable bonds is 6. The molecule has 112 valence electrons. The van der Waals surface area contributed by atoms with Gasteiger partial charge in [-0.25, -0.2) is 0 Å². The van der Waals surface area contributed by atoms with Crippen molar-refractivity contribution in [2.75, 3.05) is 0 Å². The largest absolute Gasteiger partial charge is 0.450 e. The quantitative estimate of drug-likeness (QED) is 0.397. The van der Waals surface area contributed by atoms with Crippen LogP contribution in [0.2, 0.25) is 0 Å². The van der Waals surface area contributed by atoms with Gasteiger partial charge in [0.15, 0.2) is 0 Å². The van der Waals surface area contributed by atoms with Gasteiger partial charge in [-0.3, -0.25) is 0 Å². The summed E-state index contributed by atoms with van der Waals surface area (Å²) in [6, 6.07) is 0. The molecule has 0 aromatic heterocycles. The van der Waals surface area contributed by atoms with Crippen molar-refractivity contribution in [2.24, 2.45) is 0 Å². The second kappa shape index (κ2) is 10.8. The van der Waals surface area contributed by atoms with Crippen molar-refractivity contribution >= 4 is 11.8 Å². The Labute approximate surface area is 109 Å². The van der Waals surface area contributed by atoms with E-state index in [1.54, 1.807) is 0 Å². The molecule has 0 heterocycles. The normalized spacial score (nSPS) is 12.0. The number of thioether (sulfide) groups is 1. The molecule has 0 nitrogen and oxygen atoms in total. The highest BCUT2D eigenvalue weighted by atomic mass is 32.2. The molecule has 0 aliphatic rings. The van der Waals surface area contributed by atoms with E-state index in [-0.39, 0.29) is 0 Å². The van der Waals surface area contributed by atoms with Crippen LogP contribution in [0.1, 0.15) is 58.8 Å². The zero-order valence-electron chi connectivity index (χ0n) is 10.6.